The fourth-order valence-corrected chi connectivity index (χ4v) is 1.74. The third-order valence-corrected chi connectivity index (χ3v) is 2.71. The van der Waals surface area contributed by atoms with Crippen LogP contribution in [0.4, 0.5) is 0 Å². The fourth-order valence-electron chi connectivity index (χ4n) is 1.55. The van der Waals surface area contributed by atoms with Gasteiger partial charge in [0.25, 0.3) is 0 Å². The van der Waals surface area contributed by atoms with Crippen LogP contribution >= 0.6 is 11.6 Å². The second-order valence-electron chi connectivity index (χ2n) is 3.80. The number of rotatable bonds is 12. The van der Waals surface area contributed by atoms with E-state index in [2.05, 4.69) is 4.74 Å². The van der Waals surface area contributed by atoms with E-state index in [1.54, 1.807) is 0 Å². The molecule has 0 fully saturated rings. The first-order chi connectivity index (χ1) is 7.41. The lowest BCUT2D eigenvalue weighted by molar-refractivity contribution is 0.268. The van der Waals surface area contributed by atoms with E-state index >= 15 is 0 Å². The van der Waals surface area contributed by atoms with Gasteiger partial charge >= 0.3 is 6.47 Å². The van der Waals surface area contributed by atoms with Gasteiger partial charge in [0.2, 0.25) is 0 Å². The van der Waals surface area contributed by atoms with E-state index in [9.17, 15) is 4.79 Å². The van der Waals surface area contributed by atoms with Gasteiger partial charge in [-0.3, -0.25) is 0 Å². The molecule has 0 unspecified atom stereocenters. The molecular formula is C12H22ClO2. The van der Waals surface area contributed by atoms with Gasteiger partial charge in [-0.15, -0.1) is 11.6 Å². The molecule has 0 bridgehead atoms. The summed E-state index contributed by atoms with van der Waals surface area (Å²) in [4.78, 5) is 9.71. The Balaban J connectivity index is 2.83. The third kappa shape index (κ3) is 13.8. The standard InChI is InChI=1S/C12H22ClO2/c13-10-8-6-4-2-1-3-5-7-9-11-15-12-14/h1-11H2. The van der Waals surface area contributed by atoms with Crippen molar-refractivity contribution in [2.24, 2.45) is 0 Å². The van der Waals surface area contributed by atoms with Crippen molar-refractivity contribution in [1.82, 2.24) is 0 Å². The summed E-state index contributed by atoms with van der Waals surface area (Å²) in [6.07, 6.45) is 11.1. The highest BCUT2D eigenvalue weighted by Crippen LogP contribution is 2.09. The van der Waals surface area contributed by atoms with Gasteiger partial charge in [-0.25, -0.2) is 4.79 Å². The van der Waals surface area contributed by atoms with Gasteiger partial charge in [0.15, 0.2) is 0 Å². The molecule has 3 heteroatoms. The minimum atomic E-state index is 0.527. The molecule has 2 nitrogen and oxygen atoms in total. The Bertz CT molecular complexity index is 129. The minimum Gasteiger partial charge on any atom is -0.457 e. The maximum atomic E-state index is 9.71. The predicted molar refractivity (Wildman–Crippen MR) is 63.9 cm³/mol. The molecule has 0 aromatic carbocycles. The topological polar surface area (TPSA) is 26.3 Å². The number of unbranched alkanes of at least 4 members (excludes halogenated alkanes) is 8. The minimum absolute atomic E-state index is 0.527. The predicted octanol–water partition coefficient (Wildman–Crippen LogP) is 3.82. The molecule has 0 heterocycles. The van der Waals surface area contributed by atoms with Crippen LogP contribution in [0.5, 0.6) is 0 Å². The largest absolute Gasteiger partial charge is 0.457 e. The molecule has 0 atom stereocenters. The molecule has 89 valence electrons. The first-order valence-electron chi connectivity index (χ1n) is 5.96. The summed E-state index contributed by atoms with van der Waals surface area (Å²) in [6.45, 7) is 1.96. The SMILES string of the molecule is O=[C]OCCCCCCCCCCCCl. The molecular weight excluding hydrogens is 212 g/mol. The Morgan fingerprint density at radius 1 is 0.800 bits per heavy atom. The Morgan fingerprint density at radius 3 is 1.73 bits per heavy atom. The molecule has 1 radical (unpaired) electrons. The highest BCUT2D eigenvalue weighted by atomic mass is 35.5. The van der Waals surface area contributed by atoms with Crippen LogP contribution in [0.25, 0.3) is 0 Å². The van der Waals surface area contributed by atoms with E-state index in [0.29, 0.717) is 6.61 Å². The van der Waals surface area contributed by atoms with Crippen LogP contribution in [-0.2, 0) is 9.53 Å². The van der Waals surface area contributed by atoms with Crippen LogP contribution in [0.15, 0.2) is 0 Å². The van der Waals surface area contributed by atoms with Crippen LogP contribution in [0.2, 0.25) is 0 Å². The summed E-state index contributed by atoms with van der Waals surface area (Å²) in [7, 11) is 0. The number of hydrogen-bond acceptors (Lipinski definition) is 2. The average Bonchev–Trinajstić information content (AvgIpc) is 2.26. The van der Waals surface area contributed by atoms with Crippen LogP contribution in [0.3, 0.4) is 0 Å². The summed E-state index contributed by atoms with van der Waals surface area (Å²) in [5.74, 6) is 0.799. The van der Waals surface area contributed by atoms with Gasteiger partial charge < -0.3 is 4.74 Å². The molecule has 0 N–H and O–H groups in total. The zero-order chi connectivity index (χ0) is 11.2. The van der Waals surface area contributed by atoms with Gasteiger partial charge in [0.1, 0.15) is 0 Å². The molecule has 0 aromatic heterocycles. The Labute approximate surface area is 98.3 Å². The average molecular weight is 234 g/mol. The van der Waals surface area contributed by atoms with Crippen molar-refractivity contribution in [1.29, 1.82) is 0 Å². The number of carbonyl (C=O) groups excluding carboxylic acids is 1. The lowest BCUT2D eigenvalue weighted by Gasteiger charge is -2.01. The maximum Gasteiger partial charge on any atom is 0.417 e. The number of halogens is 1. The Kier molecular flexibility index (Phi) is 13.5. The van der Waals surface area contributed by atoms with Crippen LogP contribution < -0.4 is 0 Å². The number of alkyl halides is 1. The van der Waals surface area contributed by atoms with Gasteiger partial charge in [0, 0.05) is 5.88 Å². The number of ether oxygens (including phenoxy) is 1. The summed E-state index contributed by atoms with van der Waals surface area (Å²) in [5.41, 5.74) is 0. The van der Waals surface area contributed by atoms with Crippen molar-refractivity contribution >= 4 is 18.1 Å². The second kappa shape index (κ2) is 13.8. The van der Waals surface area contributed by atoms with E-state index in [4.69, 9.17) is 11.6 Å². The molecule has 15 heavy (non-hydrogen) atoms. The highest BCUT2D eigenvalue weighted by molar-refractivity contribution is 6.17. The normalized spacial score (nSPS) is 10.2. The Morgan fingerprint density at radius 2 is 1.27 bits per heavy atom. The summed E-state index contributed by atoms with van der Waals surface area (Å²) in [6, 6.07) is 0. The molecule has 0 rings (SSSR count). The highest BCUT2D eigenvalue weighted by Gasteiger charge is 1.92. The Hall–Kier alpha value is -0.240. The summed E-state index contributed by atoms with van der Waals surface area (Å²) < 4.78 is 4.49. The summed E-state index contributed by atoms with van der Waals surface area (Å²) >= 11 is 5.59. The summed E-state index contributed by atoms with van der Waals surface area (Å²) in [5, 5.41) is 0. The smallest absolute Gasteiger partial charge is 0.417 e. The van der Waals surface area contributed by atoms with Gasteiger partial charge in [-0.1, -0.05) is 44.9 Å². The number of hydrogen-bond donors (Lipinski definition) is 0. The molecule has 0 saturated heterocycles. The molecule has 0 amide bonds. The maximum absolute atomic E-state index is 9.71. The zero-order valence-corrected chi connectivity index (χ0v) is 10.2. The molecule has 0 aliphatic heterocycles. The van der Waals surface area contributed by atoms with Gasteiger partial charge in [-0.2, -0.15) is 0 Å². The lowest BCUT2D eigenvalue weighted by atomic mass is 10.1. The van der Waals surface area contributed by atoms with Crippen molar-refractivity contribution in [3.63, 3.8) is 0 Å². The molecule has 0 spiro atoms. The van der Waals surface area contributed by atoms with Crippen molar-refractivity contribution in [2.45, 2.75) is 57.8 Å². The van der Waals surface area contributed by atoms with Crippen LogP contribution in [0, 0.1) is 0 Å². The fraction of sp³-hybridized carbons (Fsp3) is 0.917. The van der Waals surface area contributed by atoms with Crippen molar-refractivity contribution in [3.05, 3.63) is 0 Å². The third-order valence-electron chi connectivity index (χ3n) is 2.44. The monoisotopic (exact) mass is 233 g/mol. The molecule has 0 aliphatic carbocycles. The van der Waals surface area contributed by atoms with E-state index in [1.165, 1.54) is 45.0 Å². The first-order valence-corrected chi connectivity index (χ1v) is 6.50. The van der Waals surface area contributed by atoms with Crippen LogP contribution in [-0.4, -0.2) is 19.0 Å². The van der Waals surface area contributed by atoms with Crippen molar-refractivity contribution < 1.29 is 9.53 Å². The van der Waals surface area contributed by atoms with E-state index < -0.39 is 0 Å². The molecule has 0 aromatic rings. The second-order valence-corrected chi connectivity index (χ2v) is 4.18. The van der Waals surface area contributed by atoms with Crippen molar-refractivity contribution in [3.8, 4) is 0 Å². The van der Waals surface area contributed by atoms with Crippen molar-refractivity contribution in [2.75, 3.05) is 12.5 Å². The first kappa shape index (κ1) is 14.8. The quantitative estimate of drug-likeness (QED) is 0.378. The molecule has 0 saturated carbocycles. The molecule has 0 aliphatic rings. The van der Waals surface area contributed by atoms with Gasteiger partial charge in [-0.05, 0) is 12.8 Å². The van der Waals surface area contributed by atoms with Crippen LogP contribution in [0.1, 0.15) is 57.8 Å². The van der Waals surface area contributed by atoms with E-state index in [0.717, 1.165) is 25.1 Å². The lowest BCUT2D eigenvalue weighted by Crippen LogP contribution is -1.91. The van der Waals surface area contributed by atoms with E-state index in [1.807, 2.05) is 0 Å². The zero-order valence-electron chi connectivity index (χ0n) is 9.47. The van der Waals surface area contributed by atoms with Gasteiger partial charge in [0.05, 0.1) is 6.61 Å². The van der Waals surface area contributed by atoms with E-state index in [-0.39, 0.29) is 0 Å².